The van der Waals surface area contributed by atoms with Crippen molar-refractivity contribution < 1.29 is 14.0 Å². The molecular formula is C22H21ClFN3O2. The Kier molecular flexibility index (Phi) is 4.69. The van der Waals surface area contributed by atoms with Crippen molar-refractivity contribution >= 4 is 40.4 Å². The summed E-state index contributed by atoms with van der Waals surface area (Å²) >= 11 is 6.35. The molecule has 29 heavy (non-hydrogen) atoms. The van der Waals surface area contributed by atoms with Gasteiger partial charge in [0.15, 0.2) is 0 Å². The van der Waals surface area contributed by atoms with Gasteiger partial charge >= 0.3 is 0 Å². The van der Waals surface area contributed by atoms with Crippen molar-refractivity contribution in [2.45, 2.75) is 32.7 Å². The second-order valence-electron chi connectivity index (χ2n) is 8.42. The Morgan fingerprint density at radius 1 is 1.28 bits per heavy atom. The molecule has 0 saturated heterocycles. The number of fused-ring (bicyclic) bond motifs is 2. The van der Waals surface area contributed by atoms with Crippen LogP contribution in [-0.2, 0) is 4.79 Å². The monoisotopic (exact) mass is 413 g/mol. The highest BCUT2D eigenvalue weighted by molar-refractivity contribution is 6.31. The summed E-state index contributed by atoms with van der Waals surface area (Å²) in [5.74, 6) is -1.75. The molecule has 0 aromatic heterocycles. The van der Waals surface area contributed by atoms with E-state index in [1.165, 1.54) is 12.1 Å². The maximum absolute atomic E-state index is 14.8. The van der Waals surface area contributed by atoms with Crippen LogP contribution in [0.25, 0.3) is 0 Å². The maximum Gasteiger partial charge on any atom is 0.248 e. The molecule has 0 spiro atoms. The average Bonchev–Trinajstić information content (AvgIpc) is 2.76. The summed E-state index contributed by atoms with van der Waals surface area (Å²) < 4.78 is 14.8. The first kappa shape index (κ1) is 19.6. The van der Waals surface area contributed by atoms with E-state index in [2.05, 4.69) is 5.32 Å². The van der Waals surface area contributed by atoms with Crippen LogP contribution < -0.4 is 11.1 Å². The molecule has 3 N–H and O–H groups in total. The summed E-state index contributed by atoms with van der Waals surface area (Å²) in [6, 6.07) is 8.56. The third kappa shape index (κ3) is 3.53. The number of aliphatic imine (C=N–C) groups is 1. The number of carbonyl (C=O) groups excluding carboxylic acids is 2. The predicted molar refractivity (Wildman–Crippen MR) is 111 cm³/mol. The van der Waals surface area contributed by atoms with Gasteiger partial charge in [0.2, 0.25) is 5.91 Å². The number of nitrogens with one attached hydrogen (secondary N) is 1. The standard InChI is InChI=1S/C22H21ClFN3O2/c1-22(2)9-16-19(17(28)10-22)20(18-12(23)4-3-5-13(18)24)27-15-8-11(21(25)29)6-7-14(15)26-16/h3-8,19-20,27H,9-10H2,1-2H3,(H2,25,29). The minimum atomic E-state index is -0.740. The molecule has 1 aliphatic heterocycles. The van der Waals surface area contributed by atoms with Gasteiger partial charge in [-0.25, -0.2) is 4.39 Å². The number of benzene rings is 2. The smallest absolute Gasteiger partial charge is 0.248 e. The van der Waals surface area contributed by atoms with Crippen molar-refractivity contribution in [2.75, 3.05) is 5.32 Å². The van der Waals surface area contributed by atoms with Gasteiger partial charge in [-0.05, 0) is 42.2 Å². The molecule has 4 rings (SSSR count). The van der Waals surface area contributed by atoms with Gasteiger partial charge in [-0.1, -0.05) is 31.5 Å². The maximum atomic E-state index is 14.8. The van der Waals surface area contributed by atoms with E-state index in [9.17, 15) is 14.0 Å². The molecule has 2 aliphatic rings. The number of ketones is 1. The van der Waals surface area contributed by atoms with E-state index in [0.717, 1.165) is 0 Å². The molecule has 150 valence electrons. The number of nitrogens with zero attached hydrogens (tertiary/aromatic N) is 1. The van der Waals surface area contributed by atoms with Gasteiger partial charge in [-0.3, -0.25) is 14.6 Å². The molecule has 1 fully saturated rings. The molecule has 2 aromatic rings. The number of Topliss-reactive ketones (excluding diaryl/α,β-unsaturated/α-hetero) is 1. The van der Waals surface area contributed by atoms with Crippen molar-refractivity contribution in [3.63, 3.8) is 0 Å². The lowest BCUT2D eigenvalue weighted by atomic mass is 9.68. The van der Waals surface area contributed by atoms with E-state index in [-0.39, 0.29) is 21.8 Å². The molecule has 1 aliphatic carbocycles. The van der Waals surface area contributed by atoms with Gasteiger partial charge in [0.1, 0.15) is 11.6 Å². The summed E-state index contributed by atoms with van der Waals surface area (Å²) in [5, 5.41) is 3.47. The lowest BCUT2D eigenvalue weighted by Crippen LogP contribution is -2.42. The molecule has 1 saturated carbocycles. The molecule has 2 aromatic carbocycles. The van der Waals surface area contributed by atoms with E-state index < -0.39 is 23.7 Å². The second kappa shape index (κ2) is 6.95. The number of halogens is 2. The van der Waals surface area contributed by atoms with E-state index in [0.29, 0.717) is 35.5 Å². The Hall–Kier alpha value is -2.73. The zero-order valence-corrected chi connectivity index (χ0v) is 16.9. The fraction of sp³-hybridized carbons (Fsp3) is 0.318. The summed E-state index contributed by atoms with van der Waals surface area (Å²) in [7, 11) is 0. The fourth-order valence-corrected chi connectivity index (χ4v) is 4.55. The zero-order chi connectivity index (χ0) is 20.9. The van der Waals surface area contributed by atoms with Gasteiger partial charge < -0.3 is 11.1 Å². The van der Waals surface area contributed by atoms with Crippen molar-refractivity contribution in [1.29, 1.82) is 0 Å². The second-order valence-corrected chi connectivity index (χ2v) is 8.83. The Morgan fingerprint density at radius 3 is 2.72 bits per heavy atom. The highest BCUT2D eigenvalue weighted by atomic mass is 35.5. The number of rotatable bonds is 2. The molecule has 2 atom stereocenters. The first-order chi connectivity index (χ1) is 13.7. The largest absolute Gasteiger partial charge is 0.375 e. The van der Waals surface area contributed by atoms with Crippen LogP contribution in [0.3, 0.4) is 0 Å². The van der Waals surface area contributed by atoms with Crippen LogP contribution in [0, 0.1) is 17.2 Å². The molecule has 1 amide bonds. The third-order valence-electron chi connectivity index (χ3n) is 5.52. The highest BCUT2D eigenvalue weighted by Gasteiger charge is 2.45. The normalized spacial score (nSPS) is 22.6. The molecular weight excluding hydrogens is 393 g/mol. The number of nitrogens with two attached hydrogens (primary N) is 1. The summed E-state index contributed by atoms with van der Waals surface area (Å²) in [4.78, 5) is 29.6. The number of hydrogen-bond donors (Lipinski definition) is 2. The van der Waals surface area contributed by atoms with Crippen molar-refractivity contribution in [3.05, 3.63) is 58.4 Å². The summed E-state index contributed by atoms with van der Waals surface area (Å²) in [6.07, 6.45) is 0.967. The molecule has 5 nitrogen and oxygen atoms in total. The topological polar surface area (TPSA) is 84.6 Å². The van der Waals surface area contributed by atoms with Crippen LogP contribution in [-0.4, -0.2) is 17.4 Å². The van der Waals surface area contributed by atoms with Crippen molar-refractivity contribution in [3.8, 4) is 0 Å². The number of anilines is 1. The van der Waals surface area contributed by atoms with Crippen molar-refractivity contribution in [1.82, 2.24) is 0 Å². The number of amides is 1. The van der Waals surface area contributed by atoms with Crippen LogP contribution in [0.2, 0.25) is 5.02 Å². The van der Waals surface area contributed by atoms with Gasteiger partial charge in [-0.2, -0.15) is 0 Å². The molecule has 0 bridgehead atoms. The number of carbonyl (C=O) groups is 2. The quantitative estimate of drug-likeness (QED) is 0.739. The van der Waals surface area contributed by atoms with E-state index >= 15 is 0 Å². The molecule has 0 radical (unpaired) electrons. The first-order valence-corrected chi connectivity index (χ1v) is 9.78. The van der Waals surface area contributed by atoms with Gasteiger partial charge in [-0.15, -0.1) is 0 Å². The van der Waals surface area contributed by atoms with Crippen molar-refractivity contribution in [2.24, 2.45) is 22.1 Å². The van der Waals surface area contributed by atoms with Crippen LogP contribution in [0.5, 0.6) is 0 Å². The predicted octanol–water partition coefficient (Wildman–Crippen LogP) is 4.82. The highest BCUT2D eigenvalue weighted by Crippen LogP contribution is 2.46. The lowest BCUT2D eigenvalue weighted by Gasteiger charge is -2.37. The summed E-state index contributed by atoms with van der Waals surface area (Å²) in [6.45, 7) is 4.04. The van der Waals surface area contributed by atoms with Crippen LogP contribution in [0.1, 0.15) is 48.7 Å². The third-order valence-corrected chi connectivity index (χ3v) is 5.85. The lowest BCUT2D eigenvalue weighted by molar-refractivity contribution is -0.124. The van der Waals surface area contributed by atoms with Crippen LogP contribution in [0.4, 0.5) is 15.8 Å². The molecule has 2 unspecified atom stereocenters. The molecule has 7 heteroatoms. The van der Waals surface area contributed by atoms with Gasteiger partial charge in [0.25, 0.3) is 0 Å². The zero-order valence-electron chi connectivity index (χ0n) is 16.1. The number of hydrogen-bond acceptors (Lipinski definition) is 4. The van der Waals surface area contributed by atoms with Crippen LogP contribution >= 0.6 is 11.6 Å². The molecule has 1 heterocycles. The van der Waals surface area contributed by atoms with E-state index in [1.54, 1.807) is 24.3 Å². The summed E-state index contributed by atoms with van der Waals surface area (Å²) in [5.41, 5.74) is 7.47. The fourth-order valence-electron chi connectivity index (χ4n) is 4.27. The first-order valence-electron chi connectivity index (χ1n) is 9.41. The van der Waals surface area contributed by atoms with Crippen LogP contribution in [0.15, 0.2) is 41.4 Å². The Balaban J connectivity index is 1.93. The van der Waals surface area contributed by atoms with Gasteiger partial charge in [0, 0.05) is 28.3 Å². The van der Waals surface area contributed by atoms with E-state index in [4.69, 9.17) is 22.3 Å². The SMILES string of the molecule is CC1(C)CC(=O)C2C(=Nc3ccc(C(N)=O)cc3NC2c2c(F)cccc2Cl)C1. The Bertz CT molecular complexity index is 1040. The number of primary amides is 1. The minimum Gasteiger partial charge on any atom is -0.375 e. The minimum absolute atomic E-state index is 0.0141. The average molecular weight is 414 g/mol. The van der Waals surface area contributed by atoms with E-state index in [1.807, 2.05) is 13.8 Å². The Labute approximate surface area is 173 Å². The van der Waals surface area contributed by atoms with Gasteiger partial charge in [0.05, 0.1) is 23.3 Å². The Morgan fingerprint density at radius 2 is 2.03 bits per heavy atom.